The fourth-order valence-electron chi connectivity index (χ4n) is 2.80. The van der Waals surface area contributed by atoms with E-state index in [0.29, 0.717) is 23.0 Å². The fraction of sp³-hybridized carbons (Fsp3) is 0.0435. The monoisotopic (exact) mass is 500 g/mol. The number of rotatable bonds is 6. The zero-order valence-corrected chi connectivity index (χ0v) is 18.3. The molecule has 4 rings (SSSR count). The van der Waals surface area contributed by atoms with E-state index in [1.54, 1.807) is 54.6 Å². The molecule has 0 aliphatic carbocycles. The van der Waals surface area contributed by atoms with Gasteiger partial charge in [0, 0.05) is 10.4 Å². The van der Waals surface area contributed by atoms with Gasteiger partial charge in [-0.3, -0.25) is 4.79 Å². The van der Waals surface area contributed by atoms with Crippen molar-refractivity contribution in [1.29, 1.82) is 0 Å². The second kappa shape index (κ2) is 9.32. The van der Waals surface area contributed by atoms with Gasteiger partial charge in [0.25, 0.3) is 0 Å². The topological polar surface area (TPSA) is 63.8 Å². The summed E-state index contributed by atoms with van der Waals surface area (Å²) in [7, 11) is 0. The lowest BCUT2D eigenvalue weighted by molar-refractivity contribution is 0.0929. The maximum atomic E-state index is 13.0. The lowest BCUT2D eigenvalue weighted by Crippen LogP contribution is -2.16. The van der Waals surface area contributed by atoms with Crippen LogP contribution in [0.3, 0.4) is 0 Å². The Morgan fingerprint density at radius 2 is 1.94 bits per heavy atom. The van der Waals surface area contributed by atoms with Crippen molar-refractivity contribution in [1.82, 2.24) is 5.43 Å². The number of fused-ring (bicyclic) bond motifs is 1. The highest BCUT2D eigenvalue weighted by Crippen LogP contribution is 2.26. The van der Waals surface area contributed by atoms with Crippen LogP contribution >= 0.6 is 27.5 Å². The predicted molar refractivity (Wildman–Crippen MR) is 121 cm³/mol. The molecule has 31 heavy (non-hydrogen) atoms. The number of carbonyl (C=O) groups excluding carboxylic acids is 1. The van der Waals surface area contributed by atoms with Crippen molar-refractivity contribution in [3.8, 4) is 5.75 Å². The molecule has 1 amide bonds. The molecule has 8 heteroatoms. The van der Waals surface area contributed by atoms with Crippen LogP contribution in [0.4, 0.5) is 4.39 Å². The Morgan fingerprint density at radius 3 is 2.71 bits per heavy atom. The van der Waals surface area contributed by atoms with Gasteiger partial charge in [-0.05, 0) is 81.7 Å². The van der Waals surface area contributed by atoms with Gasteiger partial charge in [-0.15, -0.1) is 0 Å². The Hall–Kier alpha value is -3.16. The molecule has 0 aliphatic rings. The van der Waals surface area contributed by atoms with E-state index in [-0.39, 0.29) is 11.6 Å². The van der Waals surface area contributed by atoms with Crippen LogP contribution < -0.4 is 10.2 Å². The summed E-state index contributed by atoms with van der Waals surface area (Å²) in [6.45, 7) is 0.311. The summed E-state index contributed by atoms with van der Waals surface area (Å²) in [6.07, 6.45) is 1.51. The number of amides is 1. The molecule has 0 bridgehead atoms. The first-order valence-corrected chi connectivity index (χ1v) is 10.3. The minimum Gasteiger partial charge on any atom is -0.488 e. The normalized spacial score (nSPS) is 11.2. The van der Waals surface area contributed by atoms with Crippen molar-refractivity contribution in [3.05, 3.63) is 98.9 Å². The van der Waals surface area contributed by atoms with Gasteiger partial charge in [0.05, 0.1) is 10.7 Å². The number of ether oxygens (including phenoxy) is 1. The van der Waals surface area contributed by atoms with Crippen molar-refractivity contribution in [3.63, 3.8) is 0 Å². The van der Waals surface area contributed by atoms with Crippen LogP contribution in [-0.2, 0) is 6.61 Å². The van der Waals surface area contributed by atoms with E-state index in [4.69, 9.17) is 20.8 Å². The predicted octanol–water partition coefficient (Wildman–Crippen LogP) is 6.33. The largest absolute Gasteiger partial charge is 0.488 e. The summed E-state index contributed by atoms with van der Waals surface area (Å²) in [5, 5.41) is 5.27. The highest BCUT2D eigenvalue weighted by atomic mass is 79.9. The van der Waals surface area contributed by atoms with E-state index in [2.05, 4.69) is 26.5 Å². The van der Waals surface area contributed by atoms with Gasteiger partial charge in [-0.2, -0.15) is 5.10 Å². The molecule has 4 aromatic rings. The molecular weight excluding hydrogens is 487 g/mol. The maximum Gasteiger partial charge on any atom is 0.307 e. The minimum atomic E-state index is -0.470. The molecule has 0 spiro atoms. The van der Waals surface area contributed by atoms with Crippen molar-refractivity contribution >= 4 is 50.6 Å². The van der Waals surface area contributed by atoms with E-state index >= 15 is 0 Å². The van der Waals surface area contributed by atoms with Crippen molar-refractivity contribution < 1.29 is 18.3 Å². The molecular formula is C23H15BrClFN2O3. The zero-order valence-electron chi connectivity index (χ0n) is 15.9. The number of halogens is 3. The molecule has 0 unspecified atom stereocenters. The van der Waals surface area contributed by atoms with Crippen LogP contribution in [0.5, 0.6) is 5.75 Å². The third kappa shape index (κ3) is 5.31. The highest BCUT2D eigenvalue weighted by molar-refractivity contribution is 9.10. The van der Waals surface area contributed by atoms with Crippen LogP contribution in [0.15, 0.2) is 80.7 Å². The second-order valence-corrected chi connectivity index (χ2v) is 7.89. The lowest BCUT2D eigenvalue weighted by Gasteiger charge is -2.09. The first kappa shape index (κ1) is 21.1. The van der Waals surface area contributed by atoms with Gasteiger partial charge >= 0.3 is 5.91 Å². The quantitative estimate of drug-likeness (QED) is 0.248. The molecule has 1 aromatic heterocycles. The van der Waals surface area contributed by atoms with Gasteiger partial charge in [0.15, 0.2) is 5.76 Å². The molecule has 1 N–H and O–H groups in total. The van der Waals surface area contributed by atoms with E-state index in [9.17, 15) is 9.18 Å². The molecule has 3 aromatic carbocycles. The summed E-state index contributed by atoms with van der Waals surface area (Å²) < 4.78 is 24.9. The van der Waals surface area contributed by atoms with Gasteiger partial charge < -0.3 is 9.15 Å². The van der Waals surface area contributed by atoms with Crippen LogP contribution in [-0.4, -0.2) is 12.1 Å². The average molecular weight is 502 g/mol. The molecule has 0 fully saturated rings. The lowest BCUT2D eigenvalue weighted by atomic mass is 10.2. The first-order valence-electron chi connectivity index (χ1n) is 9.17. The number of furan rings is 1. The Kier molecular flexibility index (Phi) is 6.34. The van der Waals surface area contributed by atoms with Crippen LogP contribution in [0, 0.1) is 5.82 Å². The number of nitrogens with zero attached hydrogens (tertiary/aromatic N) is 1. The first-order chi connectivity index (χ1) is 15.0. The number of hydrogen-bond acceptors (Lipinski definition) is 4. The van der Waals surface area contributed by atoms with Crippen molar-refractivity contribution in [2.24, 2.45) is 5.10 Å². The summed E-state index contributed by atoms with van der Waals surface area (Å²) >= 11 is 9.40. The fourth-order valence-corrected chi connectivity index (χ4v) is 3.49. The number of nitrogens with one attached hydrogen (secondary N) is 1. The van der Waals surface area contributed by atoms with Crippen LogP contribution in [0.2, 0.25) is 5.02 Å². The van der Waals surface area contributed by atoms with Crippen molar-refractivity contribution in [2.75, 3.05) is 0 Å². The summed E-state index contributed by atoms with van der Waals surface area (Å²) in [5.41, 5.74) is 4.61. The third-order valence-corrected chi connectivity index (χ3v) is 5.20. The Balaban J connectivity index is 1.36. The van der Waals surface area contributed by atoms with Crippen molar-refractivity contribution in [2.45, 2.75) is 6.61 Å². The molecule has 0 atom stereocenters. The molecule has 0 aliphatic heterocycles. The maximum absolute atomic E-state index is 13.0. The van der Waals surface area contributed by atoms with Gasteiger partial charge in [-0.1, -0.05) is 23.7 Å². The van der Waals surface area contributed by atoms with Gasteiger partial charge in [0.1, 0.15) is 23.8 Å². The summed E-state index contributed by atoms with van der Waals surface area (Å²) in [6, 6.07) is 18.2. The molecule has 1 heterocycles. The van der Waals surface area contributed by atoms with Crippen LogP contribution in [0.25, 0.3) is 11.0 Å². The SMILES string of the molecule is O=C(N/N=C/c1ccc(OCc2ccc(F)cc2)c(Br)c1)c1cc2cc(Cl)ccc2o1. The zero-order chi connectivity index (χ0) is 21.8. The van der Waals surface area contributed by atoms with Gasteiger partial charge in [0.2, 0.25) is 0 Å². The Morgan fingerprint density at radius 1 is 1.13 bits per heavy atom. The highest BCUT2D eigenvalue weighted by Gasteiger charge is 2.11. The number of hydrazone groups is 1. The third-order valence-electron chi connectivity index (χ3n) is 4.35. The number of hydrogen-bond donors (Lipinski definition) is 1. The molecule has 0 radical (unpaired) electrons. The molecule has 5 nitrogen and oxygen atoms in total. The van der Waals surface area contributed by atoms with E-state index < -0.39 is 5.91 Å². The Labute approximate surface area is 190 Å². The molecule has 0 saturated heterocycles. The smallest absolute Gasteiger partial charge is 0.307 e. The summed E-state index contributed by atoms with van der Waals surface area (Å²) in [4.78, 5) is 12.2. The standard InChI is InChI=1S/C23H15BrClFN2O3/c24-19-9-15(3-7-21(19)30-13-14-1-5-18(26)6-2-14)12-27-28-23(29)22-11-16-10-17(25)4-8-20(16)31-22/h1-12H,13H2,(H,28,29)/b27-12+. The van der Waals surface area contributed by atoms with Gasteiger partial charge in [-0.25, -0.2) is 9.82 Å². The summed E-state index contributed by atoms with van der Waals surface area (Å²) in [5.74, 6) is 0.0128. The second-order valence-electron chi connectivity index (χ2n) is 6.60. The van der Waals surface area contributed by atoms with E-state index in [1.165, 1.54) is 18.3 Å². The average Bonchev–Trinajstić information content (AvgIpc) is 3.17. The number of benzene rings is 3. The van der Waals surface area contributed by atoms with E-state index in [1.807, 2.05) is 0 Å². The molecule has 156 valence electrons. The minimum absolute atomic E-state index is 0.139. The number of carbonyl (C=O) groups is 1. The van der Waals surface area contributed by atoms with Crippen LogP contribution in [0.1, 0.15) is 21.7 Å². The Bertz CT molecular complexity index is 1270. The molecule has 0 saturated carbocycles. The van der Waals surface area contributed by atoms with E-state index in [0.717, 1.165) is 21.0 Å².